The van der Waals surface area contributed by atoms with Crippen LogP contribution in [0.1, 0.15) is 5.56 Å². The predicted octanol–water partition coefficient (Wildman–Crippen LogP) is 2.43. The first-order valence-electron chi connectivity index (χ1n) is 4.15. The molecule has 0 atom stereocenters. The highest BCUT2D eigenvalue weighted by Gasteiger charge is 2.20. The molecule has 1 aliphatic heterocycles. The molecule has 0 amide bonds. The van der Waals surface area contributed by atoms with E-state index < -0.39 is 0 Å². The summed E-state index contributed by atoms with van der Waals surface area (Å²) in [7, 11) is 0. The molecule has 0 saturated heterocycles. The Bertz CT molecular complexity index is 481. The number of rotatable bonds is 0. The molecule has 0 saturated carbocycles. The topological polar surface area (TPSA) is 32.6 Å². The highest BCUT2D eigenvalue weighted by molar-refractivity contribution is 6.35. The number of benzene rings is 1. The predicted molar refractivity (Wildman–Crippen MR) is 52.3 cm³/mol. The molecule has 1 N–H and O–H groups in total. The van der Waals surface area contributed by atoms with Crippen molar-refractivity contribution in [2.75, 3.05) is 0 Å². The number of phenolic OH excluding ortho intramolecular Hbond substituents is 1. The van der Waals surface area contributed by atoms with E-state index >= 15 is 0 Å². The summed E-state index contributed by atoms with van der Waals surface area (Å²) in [5.41, 5.74) is 4.09. The maximum absolute atomic E-state index is 9.32. The number of hydrogen-bond acceptors (Lipinski definition) is 2. The van der Waals surface area contributed by atoms with Gasteiger partial charge in [0.15, 0.2) is 0 Å². The SMILES string of the molecule is Oc1ccc2c(c1)C1=CC=CC1=N2. The first kappa shape index (κ1) is 6.66. The number of fused-ring (bicyclic) bond motifs is 3. The van der Waals surface area contributed by atoms with Gasteiger partial charge in [-0.3, -0.25) is 0 Å². The largest absolute Gasteiger partial charge is 0.508 e. The molecule has 1 aromatic rings. The fraction of sp³-hybridized carbons (Fsp3) is 0. The Hall–Kier alpha value is -1.83. The van der Waals surface area contributed by atoms with Crippen molar-refractivity contribution in [1.29, 1.82) is 0 Å². The highest BCUT2D eigenvalue weighted by atomic mass is 16.3. The van der Waals surface area contributed by atoms with E-state index in [2.05, 4.69) is 4.99 Å². The van der Waals surface area contributed by atoms with Gasteiger partial charge in [0.1, 0.15) is 5.75 Å². The van der Waals surface area contributed by atoms with Gasteiger partial charge in [0.05, 0.1) is 11.4 Å². The molecule has 1 heterocycles. The fourth-order valence-corrected chi connectivity index (χ4v) is 1.70. The molecule has 1 aromatic carbocycles. The molecule has 3 rings (SSSR count). The Morgan fingerprint density at radius 3 is 3.08 bits per heavy atom. The molecular weight excluding hydrogens is 162 g/mol. The van der Waals surface area contributed by atoms with Gasteiger partial charge in [-0.15, -0.1) is 0 Å². The second-order valence-corrected chi connectivity index (χ2v) is 3.14. The summed E-state index contributed by atoms with van der Waals surface area (Å²) in [5.74, 6) is 0.294. The Morgan fingerprint density at radius 2 is 2.15 bits per heavy atom. The standard InChI is InChI=1S/C11H7NO/c13-7-4-5-11-9(6-7)8-2-1-3-10(8)12-11/h1-6,13H. The van der Waals surface area contributed by atoms with Crippen molar-refractivity contribution in [2.45, 2.75) is 0 Å². The van der Waals surface area contributed by atoms with Crippen LogP contribution >= 0.6 is 0 Å². The van der Waals surface area contributed by atoms with Crippen LogP contribution in [0.5, 0.6) is 5.75 Å². The quantitative estimate of drug-likeness (QED) is 0.635. The van der Waals surface area contributed by atoms with Gasteiger partial charge in [0.2, 0.25) is 0 Å². The van der Waals surface area contributed by atoms with Crippen LogP contribution in [0.3, 0.4) is 0 Å². The van der Waals surface area contributed by atoms with E-state index in [1.807, 2.05) is 24.3 Å². The number of hydrogen-bond donors (Lipinski definition) is 1. The number of allylic oxidation sites excluding steroid dienone is 4. The Kier molecular flexibility index (Phi) is 1.08. The van der Waals surface area contributed by atoms with Gasteiger partial charge in [-0.2, -0.15) is 0 Å². The van der Waals surface area contributed by atoms with Gasteiger partial charge < -0.3 is 5.11 Å². The lowest BCUT2D eigenvalue weighted by molar-refractivity contribution is 0.475. The van der Waals surface area contributed by atoms with Gasteiger partial charge >= 0.3 is 0 Å². The number of nitrogens with zero attached hydrogens (tertiary/aromatic N) is 1. The zero-order chi connectivity index (χ0) is 8.84. The first-order chi connectivity index (χ1) is 6.34. The Labute approximate surface area is 75.6 Å². The maximum atomic E-state index is 9.32. The summed E-state index contributed by atoms with van der Waals surface area (Å²) in [6.45, 7) is 0. The number of aromatic hydroxyl groups is 1. The van der Waals surface area contributed by atoms with Crippen molar-refractivity contribution in [3.63, 3.8) is 0 Å². The van der Waals surface area contributed by atoms with Crippen LogP contribution in [0.4, 0.5) is 5.69 Å². The maximum Gasteiger partial charge on any atom is 0.116 e. The molecule has 2 nitrogen and oxygen atoms in total. The molecule has 2 aliphatic rings. The van der Waals surface area contributed by atoms with Crippen LogP contribution in [0.15, 0.2) is 41.4 Å². The molecule has 13 heavy (non-hydrogen) atoms. The van der Waals surface area contributed by atoms with Crippen LogP contribution in [-0.2, 0) is 0 Å². The zero-order valence-electron chi connectivity index (χ0n) is 6.86. The zero-order valence-corrected chi connectivity index (χ0v) is 6.86. The van der Waals surface area contributed by atoms with Crippen LogP contribution < -0.4 is 0 Å². The molecular formula is C11H7NO. The summed E-state index contributed by atoms with van der Waals surface area (Å²) < 4.78 is 0. The molecule has 0 spiro atoms. The number of aliphatic imine (C=N–C) groups is 1. The summed E-state index contributed by atoms with van der Waals surface area (Å²) in [4.78, 5) is 4.41. The molecule has 0 unspecified atom stereocenters. The lowest BCUT2D eigenvalue weighted by atomic mass is 10.1. The monoisotopic (exact) mass is 169 g/mol. The van der Waals surface area contributed by atoms with E-state index in [0.717, 1.165) is 22.5 Å². The van der Waals surface area contributed by atoms with Crippen molar-refractivity contribution < 1.29 is 5.11 Å². The minimum atomic E-state index is 0.294. The van der Waals surface area contributed by atoms with Crippen molar-refractivity contribution in [2.24, 2.45) is 4.99 Å². The third kappa shape index (κ3) is 0.798. The fourth-order valence-electron chi connectivity index (χ4n) is 1.70. The van der Waals surface area contributed by atoms with Gasteiger partial charge in [0, 0.05) is 11.1 Å². The van der Waals surface area contributed by atoms with Gasteiger partial charge in [-0.25, -0.2) is 4.99 Å². The van der Waals surface area contributed by atoms with Crippen molar-refractivity contribution >= 4 is 17.0 Å². The minimum absolute atomic E-state index is 0.294. The molecule has 0 fully saturated rings. The molecule has 0 bridgehead atoms. The number of phenols is 1. The van der Waals surface area contributed by atoms with Crippen LogP contribution in [-0.4, -0.2) is 10.8 Å². The van der Waals surface area contributed by atoms with E-state index in [1.54, 1.807) is 12.1 Å². The smallest absolute Gasteiger partial charge is 0.116 e. The summed E-state index contributed by atoms with van der Waals surface area (Å²) in [5, 5.41) is 9.32. The van der Waals surface area contributed by atoms with E-state index in [1.165, 1.54) is 0 Å². The Balaban J connectivity index is 2.29. The molecule has 62 valence electrons. The van der Waals surface area contributed by atoms with E-state index in [-0.39, 0.29) is 0 Å². The third-order valence-corrected chi connectivity index (χ3v) is 2.30. The van der Waals surface area contributed by atoms with Gasteiger partial charge in [0.25, 0.3) is 0 Å². The third-order valence-electron chi connectivity index (χ3n) is 2.30. The normalized spacial score (nSPS) is 16.6. The first-order valence-corrected chi connectivity index (χ1v) is 4.15. The van der Waals surface area contributed by atoms with E-state index in [0.29, 0.717) is 5.75 Å². The highest BCUT2D eigenvalue weighted by Crippen LogP contribution is 2.38. The summed E-state index contributed by atoms with van der Waals surface area (Å²) in [6.07, 6.45) is 5.97. The average Bonchev–Trinajstić information content (AvgIpc) is 2.64. The van der Waals surface area contributed by atoms with Gasteiger partial charge in [-0.05, 0) is 24.3 Å². The lowest BCUT2D eigenvalue weighted by Crippen LogP contribution is -1.85. The van der Waals surface area contributed by atoms with Crippen LogP contribution in [0.25, 0.3) is 5.57 Å². The second-order valence-electron chi connectivity index (χ2n) is 3.14. The van der Waals surface area contributed by atoms with Crippen molar-refractivity contribution in [3.05, 3.63) is 42.0 Å². The van der Waals surface area contributed by atoms with Crippen LogP contribution in [0.2, 0.25) is 0 Å². The second kappa shape index (κ2) is 2.10. The lowest BCUT2D eigenvalue weighted by Gasteiger charge is -1.98. The minimum Gasteiger partial charge on any atom is -0.508 e. The Morgan fingerprint density at radius 1 is 1.23 bits per heavy atom. The van der Waals surface area contributed by atoms with E-state index in [4.69, 9.17) is 0 Å². The van der Waals surface area contributed by atoms with Crippen molar-refractivity contribution in [1.82, 2.24) is 0 Å². The van der Waals surface area contributed by atoms with Gasteiger partial charge in [-0.1, -0.05) is 12.2 Å². The molecule has 0 radical (unpaired) electrons. The summed E-state index contributed by atoms with van der Waals surface area (Å²) >= 11 is 0. The average molecular weight is 169 g/mol. The molecule has 1 aliphatic carbocycles. The molecule has 2 heteroatoms. The van der Waals surface area contributed by atoms with E-state index in [9.17, 15) is 5.11 Å². The van der Waals surface area contributed by atoms with Crippen molar-refractivity contribution in [3.8, 4) is 5.75 Å². The molecule has 0 aromatic heterocycles. The van der Waals surface area contributed by atoms with Crippen LogP contribution in [0, 0.1) is 0 Å². The summed E-state index contributed by atoms with van der Waals surface area (Å²) in [6, 6.07) is 5.25.